The largest absolute Gasteiger partial charge is 0.328 e. The lowest BCUT2D eigenvalue weighted by molar-refractivity contribution is 0.229. The Balaban J connectivity index is 2.19. The molecule has 1 aliphatic rings. The van der Waals surface area contributed by atoms with Crippen molar-refractivity contribution in [2.45, 2.75) is 19.4 Å². The molecule has 2 rings (SSSR count). The fourth-order valence-corrected chi connectivity index (χ4v) is 2.11. The van der Waals surface area contributed by atoms with Gasteiger partial charge in [-0.2, -0.15) is 0 Å². The van der Waals surface area contributed by atoms with Crippen molar-refractivity contribution < 1.29 is 4.79 Å². The lowest BCUT2D eigenvalue weighted by Crippen LogP contribution is -2.29. The molecule has 1 aliphatic heterocycles. The van der Waals surface area contributed by atoms with Crippen molar-refractivity contribution in [1.82, 2.24) is 4.90 Å². The van der Waals surface area contributed by atoms with E-state index >= 15 is 0 Å². The van der Waals surface area contributed by atoms with Crippen molar-refractivity contribution in [1.29, 1.82) is 0 Å². The Morgan fingerprint density at radius 2 is 2.18 bits per heavy atom. The van der Waals surface area contributed by atoms with Gasteiger partial charge in [0, 0.05) is 31.9 Å². The first-order valence-corrected chi connectivity index (χ1v) is 5.95. The zero-order valence-electron chi connectivity index (χ0n) is 10.4. The molecule has 4 heteroatoms. The Morgan fingerprint density at radius 3 is 2.76 bits per heavy atom. The van der Waals surface area contributed by atoms with Gasteiger partial charge in [0.2, 0.25) is 0 Å². The number of benzene rings is 1. The summed E-state index contributed by atoms with van der Waals surface area (Å²) in [7, 11) is 1.83. The molecule has 0 aromatic heterocycles. The van der Waals surface area contributed by atoms with E-state index in [9.17, 15) is 4.79 Å². The van der Waals surface area contributed by atoms with Crippen LogP contribution in [0, 0.1) is 0 Å². The van der Waals surface area contributed by atoms with Crippen molar-refractivity contribution in [3.05, 3.63) is 29.8 Å². The van der Waals surface area contributed by atoms with Gasteiger partial charge in [-0.15, -0.1) is 0 Å². The van der Waals surface area contributed by atoms with Gasteiger partial charge in [0.15, 0.2) is 0 Å². The van der Waals surface area contributed by atoms with E-state index in [4.69, 9.17) is 5.73 Å². The summed E-state index contributed by atoms with van der Waals surface area (Å²) in [5, 5.41) is 0. The highest BCUT2D eigenvalue weighted by molar-refractivity contribution is 5.93. The quantitative estimate of drug-likeness (QED) is 0.859. The first-order valence-electron chi connectivity index (χ1n) is 5.95. The molecule has 1 unspecified atom stereocenters. The molecule has 1 saturated heterocycles. The molecule has 2 amide bonds. The van der Waals surface area contributed by atoms with Crippen LogP contribution in [0.2, 0.25) is 0 Å². The number of likely N-dealkylation sites (N-methyl/N-ethyl adjacent to an activating group) is 1. The Hall–Kier alpha value is -1.55. The zero-order valence-corrected chi connectivity index (χ0v) is 10.4. The van der Waals surface area contributed by atoms with Crippen molar-refractivity contribution >= 4 is 11.7 Å². The van der Waals surface area contributed by atoms with Crippen LogP contribution in [0.15, 0.2) is 24.3 Å². The third-order valence-corrected chi connectivity index (χ3v) is 3.00. The third-order valence-electron chi connectivity index (χ3n) is 3.00. The molecule has 4 nitrogen and oxygen atoms in total. The van der Waals surface area contributed by atoms with E-state index in [1.807, 2.05) is 31.0 Å². The van der Waals surface area contributed by atoms with Gasteiger partial charge in [-0.05, 0) is 31.0 Å². The number of carbonyl (C=O) groups is 1. The molecule has 0 spiro atoms. The van der Waals surface area contributed by atoms with E-state index < -0.39 is 0 Å². The highest BCUT2D eigenvalue weighted by Crippen LogP contribution is 2.21. The Labute approximate surface area is 102 Å². The van der Waals surface area contributed by atoms with Crippen LogP contribution in [0.3, 0.4) is 0 Å². The second-order valence-corrected chi connectivity index (χ2v) is 4.71. The van der Waals surface area contributed by atoms with E-state index in [0.29, 0.717) is 0 Å². The van der Waals surface area contributed by atoms with Gasteiger partial charge in [0.25, 0.3) is 0 Å². The monoisotopic (exact) mass is 233 g/mol. The van der Waals surface area contributed by atoms with Gasteiger partial charge in [-0.1, -0.05) is 12.1 Å². The number of hydrogen-bond donors (Lipinski definition) is 1. The predicted molar refractivity (Wildman–Crippen MR) is 69.2 cm³/mol. The van der Waals surface area contributed by atoms with Gasteiger partial charge in [-0.3, -0.25) is 4.90 Å². The predicted octanol–water partition coefficient (Wildman–Crippen LogP) is 1.45. The Kier molecular flexibility index (Phi) is 3.33. The standard InChI is InChI=1S/C13H19N3O/c1-10(14)8-11-4-3-5-12(9-11)16-7-6-15(2)13(16)17/h3-5,9-10H,6-8,14H2,1-2H3. The second kappa shape index (κ2) is 4.75. The average molecular weight is 233 g/mol. The number of hydrogen-bond acceptors (Lipinski definition) is 2. The molecule has 1 aromatic carbocycles. The number of rotatable bonds is 3. The molecule has 1 atom stereocenters. The van der Waals surface area contributed by atoms with Crippen molar-refractivity contribution in [2.24, 2.45) is 5.73 Å². The first-order chi connectivity index (χ1) is 8.08. The number of nitrogens with two attached hydrogens (primary N) is 1. The summed E-state index contributed by atoms with van der Waals surface area (Å²) in [5.41, 5.74) is 7.94. The number of nitrogens with zero attached hydrogens (tertiary/aromatic N) is 2. The molecule has 0 bridgehead atoms. The molecule has 92 valence electrons. The van der Waals surface area contributed by atoms with Gasteiger partial charge in [0.05, 0.1) is 0 Å². The van der Waals surface area contributed by atoms with Crippen LogP contribution in [-0.2, 0) is 6.42 Å². The van der Waals surface area contributed by atoms with Crippen LogP contribution in [0.1, 0.15) is 12.5 Å². The minimum Gasteiger partial charge on any atom is -0.328 e. The highest BCUT2D eigenvalue weighted by atomic mass is 16.2. The molecule has 17 heavy (non-hydrogen) atoms. The van der Waals surface area contributed by atoms with E-state index in [1.165, 1.54) is 5.56 Å². The smallest absolute Gasteiger partial charge is 0.324 e. The van der Waals surface area contributed by atoms with Crippen molar-refractivity contribution in [3.63, 3.8) is 0 Å². The molecule has 1 fully saturated rings. The maximum absolute atomic E-state index is 11.9. The van der Waals surface area contributed by atoms with E-state index in [-0.39, 0.29) is 12.1 Å². The number of urea groups is 1. The van der Waals surface area contributed by atoms with Crippen molar-refractivity contribution in [2.75, 3.05) is 25.0 Å². The highest BCUT2D eigenvalue weighted by Gasteiger charge is 2.26. The normalized spacial score (nSPS) is 17.7. The van der Waals surface area contributed by atoms with Crippen LogP contribution < -0.4 is 10.6 Å². The van der Waals surface area contributed by atoms with Crippen LogP contribution in [0.4, 0.5) is 10.5 Å². The molecule has 1 aromatic rings. The summed E-state index contributed by atoms with van der Waals surface area (Å²) < 4.78 is 0. The van der Waals surface area contributed by atoms with Crippen LogP contribution in [-0.4, -0.2) is 37.1 Å². The van der Waals surface area contributed by atoms with E-state index in [1.54, 1.807) is 4.90 Å². The fourth-order valence-electron chi connectivity index (χ4n) is 2.11. The number of carbonyl (C=O) groups excluding carboxylic acids is 1. The average Bonchev–Trinajstić information content (AvgIpc) is 2.59. The lowest BCUT2D eigenvalue weighted by Gasteiger charge is -2.17. The Morgan fingerprint density at radius 1 is 1.41 bits per heavy atom. The summed E-state index contributed by atoms with van der Waals surface area (Å²) in [5.74, 6) is 0. The van der Waals surface area contributed by atoms with Crippen LogP contribution >= 0.6 is 0 Å². The SMILES string of the molecule is CC(N)Cc1cccc(N2CCN(C)C2=O)c1. The van der Waals surface area contributed by atoms with E-state index in [2.05, 4.69) is 12.1 Å². The van der Waals surface area contributed by atoms with Gasteiger partial charge < -0.3 is 10.6 Å². The lowest BCUT2D eigenvalue weighted by atomic mass is 10.1. The molecule has 0 saturated carbocycles. The zero-order chi connectivity index (χ0) is 12.4. The van der Waals surface area contributed by atoms with Gasteiger partial charge >= 0.3 is 6.03 Å². The second-order valence-electron chi connectivity index (χ2n) is 4.71. The minimum absolute atomic E-state index is 0.0722. The molecular formula is C13H19N3O. The maximum atomic E-state index is 11.9. The van der Waals surface area contributed by atoms with Gasteiger partial charge in [-0.25, -0.2) is 4.79 Å². The number of amides is 2. The maximum Gasteiger partial charge on any atom is 0.324 e. The molecule has 0 aliphatic carbocycles. The minimum atomic E-state index is 0.0722. The Bertz CT molecular complexity index is 417. The van der Waals surface area contributed by atoms with Gasteiger partial charge in [0.1, 0.15) is 0 Å². The number of anilines is 1. The molecule has 0 radical (unpaired) electrons. The topological polar surface area (TPSA) is 49.6 Å². The summed E-state index contributed by atoms with van der Waals surface area (Å²) in [4.78, 5) is 15.4. The summed E-state index contributed by atoms with van der Waals surface area (Å²) in [6.45, 7) is 3.54. The first kappa shape index (κ1) is 11.9. The van der Waals surface area contributed by atoms with Crippen LogP contribution in [0.25, 0.3) is 0 Å². The molecular weight excluding hydrogens is 214 g/mol. The summed E-state index contributed by atoms with van der Waals surface area (Å²) >= 11 is 0. The molecule has 1 heterocycles. The fraction of sp³-hybridized carbons (Fsp3) is 0.462. The third kappa shape index (κ3) is 2.58. The molecule has 2 N–H and O–H groups in total. The van der Waals surface area contributed by atoms with Crippen LogP contribution in [0.5, 0.6) is 0 Å². The van der Waals surface area contributed by atoms with E-state index in [0.717, 1.165) is 25.2 Å². The summed E-state index contributed by atoms with van der Waals surface area (Å²) in [6.07, 6.45) is 0.839. The van der Waals surface area contributed by atoms with Crippen molar-refractivity contribution in [3.8, 4) is 0 Å². The summed E-state index contributed by atoms with van der Waals surface area (Å²) in [6, 6.07) is 8.28.